The molecule has 0 bridgehead atoms. The quantitative estimate of drug-likeness (QED) is 0.0804. The number of hydrogen-bond acceptors (Lipinski definition) is 8. The molecule has 4 N–H and O–H groups in total. The molecular weight excluding hydrogens is 1240 g/mol. The first-order valence-corrected chi connectivity index (χ1v) is 33.2. The standard InChI is InChI=1S/C27H27ClN2O2.C26H24ClFN2O.C26H25ClN2O2/c1-4-17-7-6-8-18(5-2)22(17)16-24-27(32)30(3)25-14-11-20(28)15-23(25)26(29-24)19-9-12-21(31)13-10-19;1-3-17-6-5-16(13-18(17)4-2)14-24-26(31)30-23-12-9-20(27)15-22(23)25(29-24)19-7-10-21(28)11-8-19;1-3-16-6-5-7-17(4-2)21(16)15-24-26(31)29-23-13-10-19(27)14-22(23)25(28-24)18-8-11-20(30)12-9-18/h6-15,24,31H,4-5,16H2,1-3H3;5-13,15,24H,3-4,14H2,1-2H3,(H,30,31);5-14,24,30H,3-4,15H2,1-2H3,(H,29,31). The van der Waals surface area contributed by atoms with Gasteiger partial charge in [-0.05, 0) is 216 Å². The molecule has 3 aliphatic rings. The minimum atomic E-state index is -0.608. The maximum absolute atomic E-state index is 13.6. The number of nitrogens with one attached hydrogen (secondary N) is 2. The average Bonchev–Trinajstić information content (AvgIpc) is 1.62. The lowest BCUT2D eigenvalue weighted by atomic mass is 9.92. The fourth-order valence-corrected chi connectivity index (χ4v) is 13.0. The van der Waals surface area contributed by atoms with E-state index in [0.29, 0.717) is 62.8 Å². The summed E-state index contributed by atoms with van der Waals surface area (Å²) in [7, 11) is 1.80. The Morgan fingerprint density at radius 1 is 0.426 bits per heavy atom. The van der Waals surface area contributed by atoms with Crippen molar-refractivity contribution in [1.29, 1.82) is 0 Å². The summed E-state index contributed by atoms with van der Waals surface area (Å²) in [6.45, 7) is 12.8. The molecule has 12 rings (SSSR count). The van der Waals surface area contributed by atoms with Gasteiger partial charge in [0.15, 0.2) is 0 Å². The molecular formula is C79H76Cl3FN6O5. The van der Waals surface area contributed by atoms with Crippen LogP contribution in [0.4, 0.5) is 21.5 Å². The van der Waals surface area contributed by atoms with Crippen molar-refractivity contribution in [2.24, 2.45) is 15.0 Å². The largest absolute Gasteiger partial charge is 0.508 e. The molecule has 0 radical (unpaired) electrons. The van der Waals surface area contributed by atoms with E-state index in [-0.39, 0.29) is 35.0 Å². The second-order valence-corrected chi connectivity index (χ2v) is 24.8. The number of anilines is 3. The summed E-state index contributed by atoms with van der Waals surface area (Å²) >= 11 is 18.9. The number of aryl methyl sites for hydroxylation is 6. The van der Waals surface area contributed by atoms with Gasteiger partial charge < -0.3 is 25.7 Å². The van der Waals surface area contributed by atoms with Gasteiger partial charge in [-0.3, -0.25) is 29.4 Å². The van der Waals surface area contributed by atoms with Gasteiger partial charge in [0.2, 0.25) is 11.8 Å². The second-order valence-electron chi connectivity index (χ2n) is 23.4. The van der Waals surface area contributed by atoms with Gasteiger partial charge in [0, 0.05) is 74.8 Å². The van der Waals surface area contributed by atoms with Crippen molar-refractivity contribution >= 4 is 86.7 Å². The molecule has 0 saturated heterocycles. The zero-order valence-electron chi connectivity index (χ0n) is 53.8. The number of likely N-dealkylation sites (N-methyl/N-ethyl adjacent to an activating group) is 1. The topological polar surface area (TPSA) is 156 Å². The summed E-state index contributed by atoms with van der Waals surface area (Å²) in [6, 6.07) is 53.5. The van der Waals surface area contributed by atoms with Gasteiger partial charge in [-0.25, -0.2) is 4.39 Å². The van der Waals surface area contributed by atoms with Gasteiger partial charge >= 0.3 is 0 Å². The van der Waals surface area contributed by atoms with Crippen LogP contribution in [0.25, 0.3) is 0 Å². The number of carbonyl (C=O) groups excluding carboxylic acids is 3. The summed E-state index contributed by atoms with van der Waals surface area (Å²) in [5.74, 6) is -0.305. The molecule has 480 valence electrons. The fourth-order valence-electron chi connectivity index (χ4n) is 12.5. The van der Waals surface area contributed by atoms with Crippen molar-refractivity contribution in [2.75, 3.05) is 22.6 Å². The molecule has 0 fully saturated rings. The minimum absolute atomic E-state index is 0.0460. The van der Waals surface area contributed by atoms with E-state index in [4.69, 9.17) is 49.8 Å². The predicted molar refractivity (Wildman–Crippen MR) is 383 cm³/mol. The predicted octanol–water partition coefficient (Wildman–Crippen LogP) is 17.2. The van der Waals surface area contributed by atoms with Crippen LogP contribution in [0.3, 0.4) is 0 Å². The Kier molecular flexibility index (Phi) is 22.1. The van der Waals surface area contributed by atoms with Gasteiger partial charge in [0.05, 0.1) is 34.2 Å². The van der Waals surface area contributed by atoms with Gasteiger partial charge in [-0.15, -0.1) is 0 Å². The summed E-state index contributed by atoms with van der Waals surface area (Å²) in [6.07, 6.45) is 7.10. The molecule has 3 amide bonds. The number of benzodiazepines with no additional fused rings is 3. The molecule has 3 unspecified atom stereocenters. The van der Waals surface area contributed by atoms with Crippen LogP contribution in [0.2, 0.25) is 15.1 Å². The van der Waals surface area contributed by atoms with Gasteiger partial charge in [0.1, 0.15) is 35.4 Å². The number of phenols is 2. The summed E-state index contributed by atoms with van der Waals surface area (Å²) in [5, 5.41) is 27.2. The van der Waals surface area contributed by atoms with Crippen LogP contribution < -0.4 is 15.5 Å². The van der Waals surface area contributed by atoms with E-state index in [1.807, 2.05) is 48.5 Å². The smallest absolute Gasteiger partial charge is 0.251 e. The number of halogens is 4. The number of aromatic hydroxyl groups is 2. The van der Waals surface area contributed by atoms with E-state index >= 15 is 0 Å². The average molecular weight is 1310 g/mol. The van der Waals surface area contributed by atoms with Crippen LogP contribution in [-0.4, -0.2) is 70.2 Å². The molecule has 0 spiro atoms. The molecule has 0 saturated carbocycles. The lowest BCUT2D eigenvalue weighted by molar-refractivity contribution is -0.119. The molecule has 15 heteroatoms. The monoisotopic (exact) mass is 1310 g/mol. The van der Waals surface area contributed by atoms with Crippen molar-refractivity contribution in [1.82, 2.24) is 0 Å². The third kappa shape index (κ3) is 15.5. The highest BCUT2D eigenvalue weighted by atomic mass is 35.5. The zero-order chi connectivity index (χ0) is 66.7. The van der Waals surface area contributed by atoms with Crippen molar-refractivity contribution < 1.29 is 29.0 Å². The Hall–Kier alpha value is -9.20. The van der Waals surface area contributed by atoms with Crippen LogP contribution >= 0.6 is 34.8 Å². The number of rotatable bonds is 15. The molecule has 3 heterocycles. The summed E-state index contributed by atoms with van der Waals surface area (Å²) < 4.78 is 13.5. The molecule has 3 aliphatic heterocycles. The third-order valence-corrected chi connectivity index (χ3v) is 18.3. The summed E-state index contributed by atoms with van der Waals surface area (Å²) in [4.78, 5) is 56.4. The second kappa shape index (κ2) is 30.7. The van der Waals surface area contributed by atoms with Crippen molar-refractivity contribution in [3.05, 3.63) is 286 Å². The Morgan fingerprint density at radius 3 is 1.26 bits per heavy atom. The highest BCUT2D eigenvalue weighted by molar-refractivity contribution is 6.33. The van der Waals surface area contributed by atoms with E-state index in [2.05, 4.69) is 107 Å². The van der Waals surface area contributed by atoms with Crippen LogP contribution in [0.1, 0.15) is 125 Å². The van der Waals surface area contributed by atoms with Crippen LogP contribution in [-0.2, 0) is 72.2 Å². The molecule has 9 aromatic carbocycles. The Morgan fingerprint density at radius 2 is 0.809 bits per heavy atom. The van der Waals surface area contributed by atoms with E-state index in [1.54, 1.807) is 78.7 Å². The first-order chi connectivity index (χ1) is 45.4. The van der Waals surface area contributed by atoms with E-state index < -0.39 is 18.1 Å². The lowest BCUT2D eigenvalue weighted by Crippen LogP contribution is -2.36. The van der Waals surface area contributed by atoms with Gasteiger partial charge in [0.25, 0.3) is 5.91 Å². The van der Waals surface area contributed by atoms with E-state index in [0.717, 1.165) is 83.2 Å². The fraction of sp³-hybridized carbons (Fsp3) is 0.241. The van der Waals surface area contributed by atoms with Crippen molar-refractivity contribution in [3.8, 4) is 11.5 Å². The molecule has 94 heavy (non-hydrogen) atoms. The number of aliphatic imine (C=N–C) groups is 3. The van der Waals surface area contributed by atoms with Gasteiger partial charge in [-0.2, -0.15) is 0 Å². The van der Waals surface area contributed by atoms with Crippen molar-refractivity contribution in [2.45, 2.75) is 117 Å². The maximum Gasteiger partial charge on any atom is 0.251 e. The number of amides is 3. The molecule has 3 atom stereocenters. The zero-order valence-corrected chi connectivity index (χ0v) is 56.1. The SMILES string of the molecule is CCc1ccc(CC2N=C(c3ccc(F)cc3)c3cc(Cl)ccc3NC2=O)cc1CC.CCc1cccc(CC)c1CC1N=C(c2ccc(O)cc2)c2cc(Cl)ccc2N(C)C1=O.CCc1cccc(CC)c1CC1N=C(c2ccc(O)cc2)c2cc(Cl)ccc2NC1=O. The number of hydrogen-bond donors (Lipinski definition) is 4. The Balaban J connectivity index is 0.000000154. The Labute approximate surface area is 565 Å². The number of phenolic OH excluding ortho intramolecular Hbond substituents is 2. The molecule has 0 aromatic heterocycles. The first kappa shape index (κ1) is 67.7. The van der Waals surface area contributed by atoms with Crippen LogP contribution in [0.15, 0.2) is 197 Å². The number of fused-ring (bicyclic) bond motifs is 3. The molecule has 11 nitrogen and oxygen atoms in total. The van der Waals surface area contributed by atoms with Gasteiger partial charge in [-0.1, -0.05) is 131 Å². The normalized spacial score (nSPS) is 15.7. The number of benzene rings is 9. The summed E-state index contributed by atoms with van der Waals surface area (Å²) in [5.41, 5.74) is 19.9. The van der Waals surface area contributed by atoms with E-state index in [9.17, 15) is 29.0 Å². The highest BCUT2D eigenvalue weighted by Gasteiger charge is 2.33. The van der Waals surface area contributed by atoms with Crippen LogP contribution in [0.5, 0.6) is 11.5 Å². The lowest BCUT2D eigenvalue weighted by Gasteiger charge is -2.22. The number of carbonyl (C=O) groups is 3. The first-order valence-electron chi connectivity index (χ1n) is 32.1. The molecule has 0 aliphatic carbocycles. The highest BCUT2D eigenvalue weighted by Crippen LogP contribution is 2.35. The third-order valence-electron chi connectivity index (χ3n) is 17.6. The minimum Gasteiger partial charge on any atom is -0.508 e. The molecule has 9 aromatic rings. The van der Waals surface area contributed by atoms with Crippen molar-refractivity contribution in [3.63, 3.8) is 0 Å². The maximum atomic E-state index is 13.6. The van der Waals surface area contributed by atoms with Crippen LogP contribution in [0, 0.1) is 5.82 Å². The Bertz CT molecular complexity index is 4330. The van der Waals surface area contributed by atoms with E-state index in [1.165, 1.54) is 56.6 Å². The number of nitrogens with zero attached hydrogens (tertiary/aromatic N) is 4.